The van der Waals surface area contributed by atoms with Crippen molar-refractivity contribution < 1.29 is 19.1 Å². The molecule has 1 N–H and O–H groups in total. The number of hydrogen-bond acceptors (Lipinski definition) is 5. The summed E-state index contributed by atoms with van der Waals surface area (Å²) in [4.78, 5) is 35.1. The zero-order chi connectivity index (χ0) is 13.8. The minimum atomic E-state index is -0.531. The summed E-state index contributed by atoms with van der Waals surface area (Å²) in [6.45, 7) is 5.57. The van der Waals surface area contributed by atoms with Gasteiger partial charge in [-0.3, -0.25) is 14.4 Å². The second-order valence-corrected chi connectivity index (χ2v) is 5.93. The number of ether oxygens (including phenoxy) is 1. The third kappa shape index (κ3) is 3.38. The highest BCUT2D eigenvalue weighted by molar-refractivity contribution is 8.00. The first-order valence-corrected chi connectivity index (χ1v) is 6.72. The molecule has 18 heavy (non-hydrogen) atoms. The van der Waals surface area contributed by atoms with Crippen molar-refractivity contribution in [2.24, 2.45) is 0 Å². The lowest BCUT2D eigenvalue weighted by Gasteiger charge is -2.30. The average Bonchev–Trinajstić information content (AvgIpc) is 2.61. The molecule has 2 amide bonds. The van der Waals surface area contributed by atoms with E-state index in [2.05, 4.69) is 5.32 Å². The fourth-order valence-electron chi connectivity index (χ4n) is 1.70. The summed E-state index contributed by atoms with van der Waals surface area (Å²) in [5.41, 5.74) is 0. The Morgan fingerprint density at radius 2 is 2.22 bits per heavy atom. The number of carbonyl (C=O) groups is 3. The van der Waals surface area contributed by atoms with Crippen molar-refractivity contribution in [1.82, 2.24) is 10.2 Å². The molecule has 1 atom stereocenters. The molecule has 102 valence electrons. The van der Waals surface area contributed by atoms with Gasteiger partial charge in [0.05, 0.1) is 11.5 Å². The summed E-state index contributed by atoms with van der Waals surface area (Å²) in [6, 6.07) is -0.531. The minimum absolute atomic E-state index is 0.166. The third-order valence-corrected chi connectivity index (χ3v) is 4.08. The van der Waals surface area contributed by atoms with Gasteiger partial charge < -0.3 is 15.0 Å². The van der Waals surface area contributed by atoms with Crippen molar-refractivity contribution in [2.75, 3.05) is 18.9 Å². The molecule has 0 bridgehead atoms. The molecule has 1 rings (SSSR count). The van der Waals surface area contributed by atoms with Crippen molar-refractivity contribution in [1.29, 1.82) is 0 Å². The Kier molecular flexibility index (Phi) is 5.01. The molecule has 1 aliphatic rings. The van der Waals surface area contributed by atoms with E-state index < -0.39 is 16.9 Å². The Morgan fingerprint density at radius 1 is 1.56 bits per heavy atom. The smallest absolute Gasteiger partial charge is 0.325 e. The second kappa shape index (κ2) is 6.08. The van der Waals surface area contributed by atoms with Gasteiger partial charge in [-0.1, -0.05) is 0 Å². The average molecular weight is 274 g/mol. The molecular weight excluding hydrogens is 256 g/mol. The van der Waals surface area contributed by atoms with E-state index in [0.717, 1.165) is 0 Å². The summed E-state index contributed by atoms with van der Waals surface area (Å²) in [6.07, 6.45) is 0.675. The van der Waals surface area contributed by atoms with Gasteiger partial charge in [-0.05, 0) is 20.8 Å². The Hall–Kier alpha value is -1.24. The summed E-state index contributed by atoms with van der Waals surface area (Å²) in [5.74, 6) is -0.276. The number of carbonyl (C=O) groups excluding carboxylic acids is 3. The molecule has 0 unspecified atom stereocenters. The largest absolute Gasteiger partial charge is 0.465 e. The van der Waals surface area contributed by atoms with Crippen LogP contribution in [0.15, 0.2) is 0 Å². The van der Waals surface area contributed by atoms with Gasteiger partial charge in [0.1, 0.15) is 12.6 Å². The predicted octanol–water partition coefficient (Wildman–Crippen LogP) is -0.0244. The van der Waals surface area contributed by atoms with Crippen LogP contribution < -0.4 is 5.32 Å². The number of hydrogen-bond donors (Lipinski definition) is 1. The molecule has 0 radical (unpaired) electrons. The highest BCUT2D eigenvalue weighted by Gasteiger charge is 2.42. The minimum Gasteiger partial charge on any atom is -0.465 e. The van der Waals surface area contributed by atoms with Crippen molar-refractivity contribution in [3.8, 4) is 0 Å². The van der Waals surface area contributed by atoms with Crippen molar-refractivity contribution in [3.05, 3.63) is 0 Å². The quantitative estimate of drug-likeness (QED) is 0.563. The molecule has 1 aliphatic heterocycles. The fraction of sp³-hybridized carbons (Fsp3) is 0.727. The van der Waals surface area contributed by atoms with Crippen LogP contribution in [0.25, 0.3) is 0 Å². The molecule has 0 aliphatic carbocycles. The number of thioether (sulfide) groups is 1. The van der Waals surface area contributed by atoms with Gasteiger partial charge in [0.15, 0.2) is 0 Å². The molecule has 1 heterocycles. The maximum absolute atomic E-state index is 11.9. The van der Waals surface area contributed by atoms with E-state index >= 15 is 0 Å². The predicted molar refractivity (Wildman–Crippen MR) is 67.9 cm³/mol. The van der Waals surface area contributed by atoms with Crippen LogP contribution in [-0.4, -0.2) is 53.0 Å². The summed E-state index contributed by atoms with van der Waals surface area (Å²) >= 11 is 1.53. The molecular formula is C11H18N2O4S. The maximum Gasteiger partial charge on any atom is 0.325 e. The number of rotatable bonds is 5. The zero-order valence-electron chi connectivity index (χ0n) is 10.8. The first kappa shape index (κ1) is 14.8. The van der Waals surface area contributed by atoms with E-state index in [9.17, 15) is 14.4 Å². The first-order valence-electron chi connectivity index (χ1n) is 5.73. The number of amides is 2. The van der Waals surface area contributed by atoms with Crippen LogP contribution >= 0.6 is 11.8 Å². The van der Waals surface area contributed by atoms with E-state index in [-0.39, 0.29) is 19.1 Å². The molecule has 0 saturated carbocycles. The van der Waals surface area contributed by atoms with E-state index in [1.54, 1.807) is 6.92 Å². The Labute approximate surface area is 110 Å². The SMILES string of the molecule is CCOC(=O)CNC(=O)[C@@H]1CSC(C)(C)N1C=O. The normalized spacial score (nSPS) is 21.5. The van der Waals surface area contributed by atoms with Gasteiger partial charge in [0.25, 0.3) is 0 Å². The Bertz CT molecular complexity index is 346. The Balaban J connectivity index is 2.52. The van der Waals surface area contributed by atoms with Gasteiger partial charge in [-0.25, -0.2) is 0 Å². The van der Waals surface area contributed by atoms with Crippen LogP contribution in [0.1, 0.15) is 20.8 Å². The van der Waals surface area contributed by atoms with E-state index in [0.29, 0.717) is 12.2 Å². The van der Waals surface area contributed by atoms with Crippen molar-refractivity contribution in [2.45, 2.75) is 31.7 Å². The summed E-state index contributed by atoms with van der Waals surface area (Å²) in [5, 5.41) is 2.48. The molecule has 0 aromatic heterocycles. The molecule has 1 saturated heterocycles. The lowest BCUT2D eigenvalue weighted by molar-refractivity contribution is -0.144. The Morgan fingerprint density at radius 3 is 2.78 bits per heavy atom. The van der Waals surface area contributed by atoms with Gasteiger partial charge in [-0.15, -0.1) is 11.8 Å². The summed E-state index contributed by atoms with van der Waals surface area (Å²) < 4.78 is 4.71. The van der Waals surface area contributed by atoms with E-state index in [4.69, 9.17) is 4.74 Å². The number of nitrogens with zero attached hydrogens (tertiary/aromatic N) is 1. The third-order valence-electron chi connectivity index (χ3n) is 2.68. The molecule has 6 nitrogen and oxygen atoms in total. The van der Waals surface area contributed by atoms with E-state index in [1.165, 1.54) is 16.7 Å². The van der Waals surface area contributed by atoms with Crippen LogP contribution in [0.5, 0.6) is 0 Å². The molecule has 1 fully saturated rings. The second-order valence-electron chi connectivity index (χ2n) is 4.31. The van der Waals surface area contributed by atoms with Gasteiger partial charge in [-0.2, -0.15) is 0 Å². The van der Waals surface area contributed by atoms with Crippen molar-refractivity contribution >= 4 is 30.0 Å². The standard InChI is InChI=1S/C11H18N2O4S/c1-4-17-9(15)5-12-10(16)8-6-18-11(2,3)13(8)7-14/h7-8H,4-6H2,1-3H3,(H,12,16)/t8-/m0/s1. The van der Waals surface area contributed by atoms with Gasteiger partial charge in [0.2, 0.25) is 12.3 Å². The van der Waals surface area contributed by atoms with Crippen LogP contribution in [0.4, 0.5) is 0 Å². The van der Waals surface area contributed by atoms with Crippen LogP contribution in [0.3, 0.4) is 0 Å². The number of esters is 1. The topological polar surface area (TPSA) is 75.7 Å². The molecule has 7 heteroatoms. The highest BCUT2D eigenvalue weighted by Crippen LogP contribution is 2.37. The van der Waals surface area contributed by atoms with E-state index in [1.807, 2.05) is 13.8 Å². The zero-order valence-corrected chi connectivity index (χ0v) is 11.6. The van der Waals surface area contributed by atoms with Gasteiger partial charge >= 0.3 is 5.97 Å². The molecule has 0 aromatic rings. The van der Waals surface area contributed by atoms with Crippen molar-refractivity contribution in [3.63, 3.8) is 0 Å². The summed E-state index contributed by atoms with van der Waals surface area (Å²) in [7, 11) is 0. The highest BCUT2D eigenvalue weighted by atomic mass is 32.2. The first-order chi connectivity index (χ1) is 8.42. The maximum atomic E-state index is 11.9. The number of nitrogens with one attached hydrogen (secondary N) is 1. The molecule has 0 spiro atoms. The lowest BCUT2D eigenvalue weighted by Crippen LogP contribution is -2.50. The monoisotopic (exact) mass is 274 g/mol. The fourth-order valence-corrected chi connectivity index (χ4v) is 2.90. The van der Waals surface area contributed by atoms with Gasteiger partial charge in [0, 0.05) is 5.75 Å². The lowest BCUT2D eigenvalue weighted by atomic mass is 10.2. The van der Waals surface area contributed by atoms with Crippen LogP contribution in [0.2, 0.25) is 0 Å². The van der Waals surface area contributed by atoms with Crippen LogP contribution in [-0.2, 0) is 19.1 Å². The molecule has 0 aromatic carbocycles. The van der Waals surface area contributed by atoms with Crippen LogP contribution in [0, 0.1) is 0 Å².